The van der Waals surface area contributed by atoms with Gasteiger partial charge in [0.2, 0.25) is 0 Å². The molecule has 0 saturated carbocycles. The molecule has 0 aliphatic rings. The molecule has 0 N–H and O–H groups in total. The van der Waals surface area contributed by atoms with Crippen molar-refractivity contribution in [2.75, 3.05) is 7.11 Å². The molecule has 0 atom stereocenters. The van der Waals surface area contributed by atoms with Crippen LogP contribution in [0.5, 0.6) is 0 Å². The Labute approximate surface area is 105 Å². The second-order valence-corrected chi connectivity index (χ2v) is 4.26. The minimum absolute atomic E-state index is 0.281. The Hall–Kier alpha value is -1.82. The van der Waals surface area contributed by atoms with Crippen molar-refractivity contribution in [1.82, 2.24) is 0 Å². The Morgan fingerprint density at radius 1 is 1.22 bits per heavy atom. The molecular formula is C12H7F3O2S. The maximum absolute atomic E-state index is 13.9. The predicted molar refractivity (Wildman–Crippen MR) is 61.0 cm³/mol. The number of methoxy groups -OCH3 is 1. The van der Waals surface area contributed by atoms with Gasteiger partial charge in [-0.05, 0) is 12.1 Å². The van der Waals surface area contributed by atoms with Crippen LogP contribution in [-0.4, -0.2) is 13.1 Å². The van der Waals surface area contributed by atoms with Crippen LogP contribution < -0.4 is 0 Å². The number of carbonyl (C=O) groups excluding carboxylic acids is 1. The first-order chi connectivity index (χ1) is 8.56. The fraction of sp³-hybridized carbons (Fsp3) is 0.0833. The third-order valence-corrected chi connectivity index (χ3v) is 3.27. The van der Waals surface area contributed by atoms with Crippen LogP contribution in [0, 0.1) is 17.5 Å². The minimum Gasteiger partial charge on any atom is -0.465 e. The molecule has 0 aliphatic heterocycles. The predicted octanol–water partition coefficient (Wildman–Crippen LogP) is 3.62. The van der Waals surface area contributed by atoms with E-state index in [1.54, 1.807) is 0 Å². The molecule has 0 spiro atoms. The van der Waals surface area contributed by atoms with Gasteiger partial charge >= 0.3 is 5.97 Å². The van der Waals surface area contributed by atoms with Crippen LogP contribution in [0.25, 0.3) is 11.1 Å². The van der Waals surface area contributed by atoms with Crippen molar-refractivity contribution in [2.45, 2.75) is 0 Å². The van der Waals surface area contributed by atoms with E-state index >= 15 is 0 Å². The van der Waals surface area contributed by atoms with Crippen molar-refractivity contribution in [3.05, 3.63) is 45.9 Å². The standard InChI is InChI=1S/C12H7F3O2S/c1-17-12(16)11-10(15)6(5-18-11)9-7(13)3-2-4-8(9)14/h2-5H,1H3. The summed E-state index contributed by atoms with van der Waals surface area (Å²) in [4.78, 5) is 10.9. The van der Waals surface area contributed by atoms with Gasteiger partial charge < -0.3 is 4.74 Å². The lowest BCUT2D eigenvalue weighted by atomic mass is 10.1. The molecule has 0 radical (unpaired) electrons. The summed E-state index contributed by atoms with van der Waals surface area (Å²) in [5.41, 5.74) is -0.766. The lowest BCUT2D eigenvalue weighted by Gasteiger charge is -2.02. The van der Waals surface area contributed by atoms with E-state index in [4.69, 9.17) is 0 Å². The monoisotopic (exact) mass is 272 g/mol. The van der Waals surface area contributed by atoms with Crippen molar-refractivity contribution >= 4 is 17.3 Å². The summed E-state index contributed by atoms with van der Waals surface area (Å²) >= 11 is 0.738. The van der Waals surface area contributed by atoms with E-state index in [1.165, 1.54) is 11.4 Å². The van der Waals surface area contributed by atoms with Gasteiger partial charge in [-0.2, -0.15) is 0 Å². The van der Waals surface area contributed by atoms with E-state index in [0.717, 1.165) is 30.6 Å². The molecule has 18 heavy (non-hydrogen) atoms. The smallest absolute Gasteiger partial charge is 0.351 e. The highest BCUT2D eigenvalue weighted by atomic mass is 32.1. The molecule has 0 aliphatic carbocycles. The van der Waals surface area contributed by atoms with Gasteiger partial charge in [0.1, 0.15) is 16.5 Å². The summed E-state index contributed by atoms with van der Waals surface area (Å²) < 4.78 is 45.2. The lowest BCUT2D eigenvalue weighted by Crippen LogP contribution is -2.01. The van der Waals surface area contributed by atoms with E-state index in [2.05, 4.69) is 4.74 Å². The highest BCUT2D eigenvalue weighted by molar-refractivity contribution is 7.12. The SMILES string of the molecule is COC(=O)c1scc(-c2c(F)cccc2F)c1F. The van der Waals surface area contributed by atoms with Crippen LogP contribution in [0.1, 0.15) is 9.67 Å². The Bertz CT molecular complexity index is 587. The number of rotatable bonds is 2. The second kappa shape index (κ2) is 4.81. The molecule has 0 bridgehead atoms. The summed E-state index contributed by atoms with van der Waals surface area (Å²) in [5.74, 6) is -3.62. The zero-order valence-corrected chi connectivity index (χ0v) is 9.98. The van der Waals surface area contributed by atoms with Crippen molar-refractivity contribution in [3.63, 3.8) is 0 Å². The highest BCUT2D eigenvalue weighted by Crippen LogP contribution is 2.33. The summed E-state index contributed by atoms with van der Waals surface area (Å²) in [7, 11) is 1.10. The van der Waals surface area contributed by atoms with E-state index in [-0.39, 0.29) is 10.4 Å². The van der Waals surface area contributed by atoms with E-state index < -0.39 is 29.0 Å². The zero-order chi connectivity index (χ0) is 13.3. The van der Waals surface area contributed by atoms with Crippen molar-refractivity contribution in [2.24, 2.45) is 0 Å². The number of ether oxygens (including phenoxy) is 1. The van der Waals surface area contributed by atoms with E-state index in [0.29, 0.717) is 0 Å². The third kappa shape index (κ3) is 1.99. The number of benzene rings is 1. The largest absolute Gasteiger partial charge is 0.465 e. The van der Waals surface area contributed by atoms with Gasteiger partial charge in [-0.3, -0.25) is 0 Å². The molecule has 1 aromatic heterocycles. The topological polar surface area (TPSA) is 26.3 Å². The Kier molecular flexibility index (Phi) is 3.38. The molecular weight excluding hydrogens is 265 g/mol. The normalized spacial score (nSPS) is 10.4. The number of thiophene rings is 1. The van der Waals surface area contributed by atoms with Gasteiger partial charge in [0.25, 0.3) is 0 Å². The Morgan fingerprint density at radius 3 is 2.39 bits per heavy atom. The molecule has 6 heteroatoms. The van der Waals surface area contributed by atoms with Crippen molar-refractivity contribution in [3.8, 4) is 11.1 Å². The maximum Gasteiger partial charge on any atom is 0.351 e. The lowest BCUT2D eigenvalue weighted by molar-refractivity contribution is 0.0601. The van der Waals surface area contributed by atoms with Crippen molar-refractivity contribution < 1.29 is 22.7 Å². The van der Waals surface area contributed by atoms with Crippen LogP contribution >= 0.6 is 11.3 Å². The van der Waals surface area contributed by atoms with Gasteiger partial charge in [-0.1, -0.05) is 6.07 Å². The summed E-state index contributed by atoms with van der Waals surface area (Å²) in [6.45, 7) is 0. The third-order valence-electron chi connectivity index (χ3n) is 2.33. The highest BCUT2D eigenvalue weighted by Gasteiger charge is 2.23. The Balaban J connectivity index is 2.60. The Morgan fingerprint density at radius 2 is 1.83 bits per heavy atom. The van der Waals surface area contributed by atoms with Crippen LogP contribution in [0.15, 0.2) is 23.6 Å². The van der Waals surface area contributed by atoms with Gasteiger partial charge in [0.05, 0.1) is 12.7 Å². The van der Waals surface area contributed by atoms with Crippen molar-refractivity contribution in [1.29, 1.82) is 0 Å². The van der Waals surface area contributed by atoms with Crippen LogP contribution in [0.2, 0.25) is 0 Å². The van der Waals surface area contributed by atoms with Gasteiger partial charge in [0.15, 0.2) is 5.82 Å². The molecule has 2 aromatic rings. The molecule has 2 nitrogen and oxygen atoms in total. The van der Waals surface area contributed by atoms with E-state index in [1.807, 2.05) is 0 Å². The molecule has 1 heterocycles. The second-order valence-electron chi connectivity index (χ2n) is 3.38. The number of hydrogen-bond acceptors (Lipinski definition) is 3. The maximum atomic E-state index is 13.9. The van der Waals surface area contributed by atoms with Crippen LogP contribution in [-0.2, 0) is 4.74 Å². The first-order valence-corrected chi connectivity index (χ1v) is 5.74. The average molecular weight is 272 g/mol. The van der Waals surface area contributed by atoms with Crippen LogP contribution in [0.3, 0.4) is 0 Å². The molecule has 94 valence electrons. The number of esters is 1. The first-order valence-electron chi connectivity index (χ1n) is 4.86. The number of hydrogen-bond donors (Lipinski definition) is 0. The first kappa shape index (κ1) is 12.6. The number of carbonyl (C=O) groups is 1. The summed E-state index contributed by atoms with van der Waals surface area (Å²) in [6.07, 6.45) is 0. The van der Waals surface area contributed by atoms with Gasteiger partial charge in [-0.15, -0.1) is 11.3 Å². The fourth-order valence-corrected chi connectivity index (χ4v) is 2.35. The molecule has 0 amide bonds. The summed E-state index contributed by atoms with van der Waals surface area (Å²) in [5, 5.41) is 1.18. The van der Waals surface area contributed by atoms with Gasteiger partial charge in [0, 0.05) is 10.9 Å². The van der Waals surface area contributed by atoms with Gasteiger partial charge in [-0.25, -0.2) is 18.0 Å². The molecule has 2 rings (SSSR count). The quantitative estimate of drug-likeness (QED) is 0.780. The molecule has 0 unspecified atom stereocenters. The molecule has 0 fully saturated rings. The fourth-order valence-electron chi connectivity index (χ4n) is 1.50. The zero-order valence-electron chi connectivity index (χ0n) is 9.17. The van der Waals surface area contributed by atoms with Crippen LogP contribution in [0.4, 0.5) is 13.2 Å². The summed E-state index contributed by atoms with van der Waals surface area (Å²) in [6, 6.07) is 3.22. The number of halogens is 3. The van der Waals surface area contributed by atoms with E-state index in [9.17, 15) is 18.0 Å². The molecule has 1 aromatic carbocycles. The minimum atomic E-state index is -0.976. The molecule has 0 saturated heterocycles. The average Bonchev–Trinajstić information content (AvgIpc) is 2.71.